The first-order valence-electron chi connectivity index (χ1n) is 11.0. The second kappa shape index (κ2) is 10.4. The summed E-state index contributed by atoms with van der Waals surface area (Å²) in [6, 6.07) is 13.0. The molecule has 0 spiro atoms. The second-order valence-corrected chi connectivity index (χ2v) is 8.08. The molecule has 1 aromatic heterocycles. The van der Waals surface area contributed by atoms with Gasteiger partial charge in [-0.3, -0.25) is 14.5 Å². The Hall–Kier alpha value is -3.59. The van der Waals surface area contributed by atoms with Crippen LogP contribution in [0.2, 0.25) is 0 Å². The summed E-state index contributed by atoms with van der Waals surface area (Å²) in [5.41, 5.74) is 2.45. The van der Waals surface area contributed by atoms with Gasteiger partial charge in [0, 0.05) is 12.0 Å². The van der Waals surface area contributed by atoms with E-state index in [1.54, 1.807) is 32.4 Å². The van der Waals surface area contributed by atoms with Crippen molar-refractivity contribution in [3.05, 3.63) is 48.3 Å². The number of amides is 2. The smallest absolute Gasteiger partial charge is 0.238 e. The van der Waals surface area contributed by atoms with Crippen molar-refractivity contribution in [1.82, 2.24) is 20.2 Å². The summed E-state index contributed by atoms with van der Waals surface area (Å²) >= 11 is 0. The second-order valence-electron chi connectivity index (χ2n) is 8.08. The molecule has 1 saturated heterocycles. The number of para-hydroxylation sites is 2. The molecule has 0 bridgehead atoms. The number of nitrogens with one attached hydrogen (secondary N) is 3. The van der Waals surface area contributed by atoms with Crippen LogP contribution < -0.4 is 20.1 Å². The molecule has 0 unspecified atom stereocenters. The molecule has 0 saturated carbocycles. The average molecular weight is 452 g/mol. The molecule has 3 N–H and O–H groups in total. The Balaban J connectivity index is 1.22. The van der Waals surface area contributed by atoms with Gasteiger partial charge in [-0.05, 0) is 50.2 Å². The number of carbonyl (C=O) groups excluding carboxylic acids is 2. The highest BCUT2D eigenvalue weighted by atomic mass is 16.5. The third kappa shape index (κ3) is 5.61. The number of carbonyl (C=O) groups is 2. The average Bonchev–Trinajstić information content (AvgIpc) is 3.26. The van der Waals surface area contributed by atoms with Gasteiger partial charge in [0.1, 0.15) is 17.3 Å². The Kier molecular flexibility index (Phi) is 7.09. The molecule has 3 aromatic rings. The summed E-state index contributed by atoms with van der Waals surface area (Å²) in [5, 5.41) is 5.88. The quantitative estimate of drug-likeness (QED) is 0.486. The number of rotatable bonds is 8. The van der Waals surface area contributed by atoms with E-state index >= 15 is 0 Å². The number of aromatic nitrogens is 2. The van der Waals surface area contributed by atoms with Gasteiger partial charge in [0.15, 0.2) is 0 Å². The third-order valence-corrected chi connectivity index (χ3v) is 5.88. The van der Waals surface area contributed by atoms with Crippen LogP contribution >= 0.6 is 0 Å². The molecule has 9 heteroatoms. The monoisotopic (exact) mass is 451 g/mol. The number of fused-ring (bicyclic) bond motifs is 1. The van der Waals surface area contributed by atoms with Gasteiger partial charge in [0.2, 0.25) is 11.8 Å². The highest BCUT2D eigenvalue weighted by Crippen LogP contribution is 2.29. The van der Waals surface area contributed by atoms with Gasteiger partial charge < -0.3 is 25.1 Å². The Morgan fingerprint density at radius 1 is 1.12 bits per heavy atom. The van der Waals surface area contributed by atoms with Gasteiger partial charge >= 0.3 is 0 Å². The summed E-state index contributed by atoms with van der Waals surface area (Å²) < 4.78 is 10.5. The minimum Gasteiger partial charge on any atom is -0.497 e. The first-order valence-corrected chi connectivity index (χ1v) is 11.0. The lowest BCUT2D eigenvalue weighted by atomic mass is 9.96. The number of piperidine rings is 1. The zero-order chi connectivity index (χ0) is 23.2. The Labute approximate surface area is 192 Å². The van der Waals surface area contributed by atoms with E-state index in [0.717, 1.165) is 16.9 Å². The Bertz CT molecular complexity index is 1090. The summed E-state index contributed by atoms with van der Waals surface area (Å²) in [7, 11) is 3.13. The number of methoxy groups -OCH3 is 2. The van der Waals surface area contributed by atoms with Crippen LogP contribution in [0.3, 0.4) is 0 Å². The van der Waals surface area contributed by atoms with E-state index in [4.69, 9.17) is 9.47 Å². The predicted octanol–water partition coefficient (Wildman–Crippen LogP) is 2.55. The lowest BCUT2D eigenvalue weighted by molar-refractivity contribution is -0.126. The van der Waals surface area contributed by atoms with E-state index in [9.17, 15) is 9.59 Å². The fourth-order valence-corrected chi connectivity index (χ4v) is 4.05. The van der Waals surface area contributed by atoms with Gasteiger partial charge in [-0.1, -0.05) is 12.1 Å². The maximum atomic E-state index is 12.6. The molecule has 0 radical (unpaired) electrons. The maximum absolute atomic E-state index is 12.6. The third-order valence-electron chi connectivity index (χ3n) is 5.88. The van der Waals surface area contributed by atoms with Crippen LogP contribution in [0, 0.1) is 5.92 Å². The molecule has 2 heterocycles. The molecule has 4 rings (SSSR count). The summed E-state index contributed by atoms with van der Waals surface area (Å²) in [5.74, 6) is 1.80. The number of hydrogen-bond donors (Lipinski definition) is 3. The molecule has 174 valence electrons. The van der Waals surface area contributed by atoms with E-state index in [1.807, 2.05) is 24.3 Å². The van der Waals surface area contributed by atoms with Crippen molar-refractivity contribution in [1.29, 1.82) is 0 Å². The number of hydrogen-bond acceptors (Lipinski definition) is 6. The molecular formula is C24H29N5O4. The molecule has 2 aromatic carbocycles. The number of aromatic amines is 1. The van der Waals surface area contributed by atoms with Crippen molar-refractivity contribution in [2.45, 2.75) is 19.4 Å². The number of nitrogens with zero attached hydrogens (tertiary/aromatic N) is 2. The maximum Gasteiger partial charge on any atom is 0.238 e. The molecular weight excluding hydrogens is 422 g/mol. The molecule has 0 aliphatic carbocycles. The zero-order valence-corrected chi connectivity index (χ0v) is 18.9. The van der Waals surface area contributed by atoms with Crippen LogP contribution in [0.5, 0.6) is 11.5 Å². The van der Waals surface area contributed by atoms with Crippen molar-refractivity contribution in [3.63, 3.8) is 0 Å². The summed E-state index contributed by atoms with van der Waals surface area (Å²) in [6.07, 6.45) is 1.43. The number of ether oxygens (including phenoxy) is 2. The normalized spacial score (nSPS) is 14.7. The molecule has 1 fully saturated rings. The number of imidazole rings is 1. The predicted molar refractivity (Wildman–Crippen MR) is 125 cm³/mol. The minimum atomic E-state index is -0.119. The van der Waals surface area contributed by atoms with Crippen LogP contribution in [-0.4, -0.2) is 60.5 Å². The minimum absolute atomic E-state index is 0.0301. The van der Waals surface area contributed by atoms with E-state index in [0.29, 0.717) is 49.7 Å². The van der Waals surface area contributed by atoms with Crippen molar-refractivity contribution in [2.24, 2.45) is 5.92 Å². The van der Waals surface area contributed by atoms with E-state index in [2.05, 4.69) is 25.5 Å². The number of likely N-dealkylation sites (tertiary alicyclic amines) is 1. The molecule has 33 heavy (non-hydrogen) atoms. The lowest BCUT2D eigenvalue weighted by Crippen LogP contribution is -2.43. The van der Waals surface area contributed by atoms with Gasteiger partial charge in [-0.25, -0.2) is 4.98 Å². The van der Waals surface area contributed by atoms with Crippen LogP contribution in [-0.2, 0) is 16.1 Å². The van der Waals surface area contributed by atoms with Crippen molar-refractivity contribution >= 4 is 28.5 Å². The lowest BCUT2D eigenvalue weighted by Gasteiger charge is -2.30. The van der Waals surface area contributed by atoms with Crippen LogP contribution in [0.25, 0.3) is 11.0 Å². The molecule has 2 amide bonds. The molecule has 1 aliphatic rings. The van der Waals surface area contributed by atoms with Crippen molar-refractivity contribution in [2.75, 3.05) is 39.2 Å². The number of anilines is 1. The van der Waals surface area contributed by atoms with Gasteiger partial charge in [-0.2, -0.15) is 0 Å². The molecule has 9 nitrogen and oxygen atoms in total. The first kappa shape index (κ1) is 22.6. The topological polar surface area (TPSA) is 109 Å². The zero-order valence-electron chi connectivity index (χ0n) is 18.9. The SMILES string of the molecule is COc1ccc(NC(=O)CN2CCC(C(=O)NCc3nc4ccccc4[nH]3)CC2)c(OC)c1. The van der Waals surface area contributed by atoms with Gasteiger partial charge in [0.05, 0.1) is 44.0 Å². The van der Waals surface area contributed by atoms with Crippen LogP contribution in [0.15, 0.2) is 42.5 Å². The van der Waals surface area contributed by atoms with E-state index in [-0.39, 0.29) is 24.3 Å². The van der Waals surface area contributed by atoms with Gasteiger partial charge in [-0.15, -0.1) is 0 Å². The highest BCUT2D eigenvalue weighted by molar-refractivity contribution is 5.93. The summed E-state index contributed by atoms with van der Waals surface area (Å²) in [6.45, 7) is 2.02. The highest BCUT2D eigenvalue weighted by Gasteiger charge is 2.26. The van der Waals surface area contributed by atoms with Crippen molar-refractivity contribution in [3.8, 4) is 11.5 Å². The molecule has 1 aliphatic heterocycles. The van der Waals surface area contributed by atoms with E-state index < -0.39 is 0 Å². The van der Waals surface area contributed by atoms with Crippen LogP contribution in [0.1, 0.15) is 18.7 Å². The fourth-order valence-electron chi connectivity index (χ4n) is 4.05. The summed E-state index contributed by atoms with van der Waals surface area (Å²) in [4.78, 5) is 34.9. The Morgan fingerprint density at radius 2 is 1.91 bits per heavy atom. The van der Waals surface area contributed by atoms with Gasteiger partial charge in [0.25, 0.3) is 0 Å². The number of benzene rings is 2. The van der Waals surface area contributed by atoms with Crippen molar-refractivity contribution < 1.29 is 19.1 Å². The fraction of sp³-hybridized carbons (Fsp3) is 0.375. The number of H-pyrrole nitrogens is 1. The first-order chi connectivity index (χ1) is 16.1. The largest absolute Gasteiger partial charge is 0.497 e. The van der Waals surface area contributed by atoms with E-state index in [1.165, 1.54) is 0 Å². The van der Waals surface area contributed by atoms with Crippen LogP contribution in [0.4, 0.5) is 5.69 Å². The Morgan fingerprint density at radius 3 is 2.64 bits per heavy atom. The molecule has 0 atom stereocenters. The standard InChI is InChI=1S/C24H29N5O4/c1-32-17-7-8-20(21(13-17)33-2)28-23(30)15-29-11-9-16(10-12-29)24(31)25-14-22-26-18-5-3-4-6-19(18)27-22/h3-8,13,16H,9-12,14-15H2,1-2H3,(H,25,31)(H,26,27)(H,28,30).